The molecule has 0 aliphatic rings. The Morgan fingerprint density at radius 2 is 1.87 bits per heavy atom. The van der Waals surface area contributed by atoms with Crippen LogP contribution in [-0.4, -0.2) is 13.0 Å². The lowest BCUT2D eigenvalue weighted by atomic mass is 10.1. The lowest BCUT2D eigenvalue weighted by molar-refractivity contribution is -0.116. The zero-order valence-electron chi connectivity index (χ0n) is 13.8. The Labute approximate surface area is 137 Å². The number of nitrogen functional groups attached to an aromatic ring is 1. The second-order valence-corrected chi connectivity index (χ2v) is 5.70. The summed E-state index contributed by atoms with van der Waals surface area (Å²) in [6.07, 6.45) is 3.38. The number of benzene rings is 2. The number of amides is 1. The molecule has 0 spiro atoms. The third-order valence-electron chi connectivity index (χ3n) is 3.75. The monoisotopic (exact) mass is 312 g/mol. The fraction of sp³-hybridized carbons (Fsp3) is 0.316. The molecule has 3 N–H and O–H groups in total. The van der Waals surface area contributed by atoms with Crippen LogP contribution >= 0.6 is 0 Å². The van der Waals surface area contributed by atoms with E-state index in [1.807, 2.05) is 0 Å². The number of unbranched alkanes of at least 4 members (excludes halogenated alkanes) is 1. The minimum Gasteiger partial charge on any atom is -0.495 e. The first kappa shape index (κ1) is 16.9. The highest BCUT2D eigenvalue weighted by atomic mass is 16.5. The van der Waals surface area contributed by atoms with Crippen molar-refractivity contribution in [2.24, 2.45) is 0 Å². The predicted molar refractivity (Wildman–Crippen MR) is 94.8 cm³/mol. The van der Waals surface area contributed by atoms with Crippen LogP contribution in [-0.2, 0) is 11.2 Å². The van der Waals surface area contributed by atoms with E-state index >= 15 is 0 Å². The number of hydrogen-bond donors (Lipinski definition) is 2. The molecule has 0 unspecified atom stereocenters. The molecule has 0 atom stereocenters. The van der Waals surface area contributed by atoms with Crippen molar-refractivity contribution in [1.29, 1.82) is 0 Å². The molecular formula is C19H24N2O2. The number of ether oxygens (including phenoxy) is 1. The highest BCUT2D eigenvalue weighted by molar-refractivity contribution is 5.91. The normalized spacial score (nSPS) is 10.3. The molecule has 0 fully saturated rings. The van der Waals surface area contributed by atoms with E-state index in [9.17, 15) is 4.79 Å². The van der Waals surface area contributed by atoms with E-state index in [-0.39, 0.29) is 5.91 Å². The van der Waals surface area contributed by atoms with Crippen molar-refractivity contribution in [3.05, 3.63) is 53.6 Å². The van der Waals surface area contributed by atoms with Gasteiger partial charge in [-0.1, -0.05) is 29.8 Å². The standard InChI is InChI=1S/C19H24N2O2/c1-14-7-9-15(10-8-14)5-3-4-6-19(22)21-16-11-12-18(23-2)17(20)13-16/h7-13H,3-6,20H2,1-2H3,(H,21,22). The zero-order valence-corrected chi connectivity index (χ0v) is 13.8. The van der Waals surface area contributed by atoms with Gasteiger partial charge in [-0.05, 0) is 49.9 Å². The molecular weight excluding hydrogens is 288 g/mol. The van der Waals surface area contributed by atoms with Crippen molar-refractivity contribution in [2.45, 2.75) is 32.6 Å². The summed E-state index contributed by atoms with van der Waals surface area (Å²) in [6.45, 7) is 2.08. The van der Waals surface area contributed by atoms with Gasteiger partial charge in [0.15, 0.2) is 0 Å². The van der Waals surface area contributed by atoms with Crippen molar-refractivity contribution in [3.8, 4) is 5.75 Å². The molecule has 0 radical (unpaired) electrons. The van der Waals surface area contributed by atoms with Crippen LogP contribution in [0.15, 0.2) is 42.5 Å². The van der Waals surface area contributed by atoms with Crippen LogP contribution < -0.4 is 15.8 Å². The molecule has 2 aromatic carbocycles. The Morgan fingerprint density at radius 1 is 1.13 bits per heavy atom. The first-order valence-electron chi connectivity index (χ1n) is 7.87. The van der Waals surface area contributed by atoms with Crippen LogP contribution in [0.2, 0.25) is 0 Å². The third-order valence-corrected chi connectivity index (χ3v) is 3.75. The fourth-order valence-electron chi connectivity index (χ4n) is 2.41. The van der Waals surface area contributed by atoms with Crippen molar-refractivity contribution < 1.29 is 9.53 Å². The van der Waals surface area contributed by atoms with E-state index < -0.39 is 0 Å². The number of carbonyl (C=O) groups is 1. The Hall–Kier alpha value is -2.49. The van der Waals surface area contributed by atoms with Gasteiger partial charge in [0, 0.05) is 12.1 Å². The quantitative estimate of drug-likeness (QED) is 0.601. The molecule has 4 heteroatoms. The third kappa shape index (κ3) is 5.33. The summed E-state index contributed by atoms with van der Waals surface area (Å²) in [7, 11) is 1.57. The van der Waals surface area contributed by atoms with Gasteiger partial charge in [-0.2, -0.15) is 0 Å². The summed E-state index contributed by atoms with van der Waals surface area (Å²) < 4.78 is 5.10. The van der Waals surface area contributed by atoms with Crippen molar-refractivity contribution >= 4 is 17.3 Å². The molecule has 2 rings (SSSR count). The molecule has 0 heterocycles. The van der Waals surface area contributed by atoms with Gasteiger partial charge < -0.3 is 15.8 Å². The van der Waals surface area contributed by atoms with Gasteiger partial charge in [0.25, 0.3) is 0 Å². The highest BCUT2D eigenvalue weighted by Crippen LogP contribution is 2.24. The van der Waals surface area contributed by atoms with Gasteiger partial charge in [0.1, 0.15) is 5.75 Å². The second-order valence-electron chi connectivity index (χ2n) is 5.70. The number of rotatable bonds is 7. The van der Waals surface area contributed by atoms with Gasteiger partial charge in [-0.15, -0.1) is 0 Å². The average Bonchev–Trinajstić information content (AvgIpc) is 2.53. The number of nitrogens with one attached hydrogen (secondary N) is 1. The van der Waals surface area contributed by atoms with Crippen molar-refractivity contribution in [2.75, 3.05) is 18.2 Å². The van der Waals surface area contributed by atoms with E-state index in [4.69, 9.17) is 10.5 Å². The van der Waals surface area contributed by atoms with Crippen LogP contribution in [0.1, 0.15) is 30.4 Å². The second kappa shape index (κ2) is 8.22. The molecule has 0 bridgehead atoms. The fourth-order valence-corrected chi connectivity index (χ4v) is 2.41. The van der Waals surface area contributed by atoms with E-state index in [1.54, 1.807) is 25.3 Å². The molecule has 0 saturated carbocycles. The van der Waals surface area contributed by atoms with Gasteiger partial charge in [-0.25, -0.2) is 0 Å². The number of hydrogen-bond acceptors (Lipinski definition) is 3. The van der Waals surface area contributed by atoms with Crippen molar-refractivity contribution in [3.63, 3.8) is 0 Å². The minimum absolute atomic E-state index is 0.0125. The average molecular weight is 312 g/mol. The minimum atomic E-state index is 0.0125. The summed E-state index contributed by atoms with van der Waals surface area (Å²) in [6, 6.07) is 13.8. The molecule has 0 saturated heterocycles. The molecule has 0 aliphatic carbocycles. The summed E-state index contributed by atoms with van der Waals surface area (Å²) in [4.78, 5) is 12.0. The molecule has 1 amide bonds. The Balaban J connectivity index is 1.72. The summed E-state index contributed by atoms with van der Waals surface area (Å²) in [5.41, 5.74) is 9.64. The Kier molecular flexibility index (Phi) is 6.03. The molecule has 0 aromatic heterocycles. The van der Waals surface area contributed by atoms with E-state index in [1.165, 1.54) is 11.1 Å². The molecule has 2 aromatic rings. The number of aryl methyl sites for hydroxylation is 2. The number of anilines is 2. The van der Waals surface area contributed by atoms with Crippen LogP contribution in [0.5, 0.6) is 5.75 Å². The maximum absolute atomic E-state index is 12.0. The van der Waals surface area contributed by atoms with E-state index in [0.717, 1.165) is 19.3 Å². The Morgan fingerprint density at radius 3 is 2.52 bits per heavy atom. The number of nitrogens with two attached hydrogens (primary N) is 1. The Bertz CT molecular complexity index is 651. The van der Waals surface area contributed by atoms with Gasteiger partial charge >= 0.3 is 0 Å². The summed E-state index contributed by atoms with van der Waals surface area (Å²) >= 11 is 0. The maximum atomic E-state index is 12.0. The summed E-state index contributed by atoms with van der Waals surface area (Å²) in [5, 5.41) is 2.87. The van der Waals surface area contributed by atoms with Crippen LogP contribution in [0.4, 0.5) is 11.4 Å². The first-order chi connectivity index (χ1) is 11.1. The molecule has 23 heavy (non-hydrogen) atoms. The SMILES string of the molecule is COc1ccc(NC(=O)CCCCc2ccc(C)cc2)cc1N. The van der Waals surface area contributed by atoms with Crippen LogP contribution in [0, 0.1) is 6.92 Å². The number of methoxy groups -OCH3 is 1. The van der Waals surface area contributed by atoms with Gasteiger partial charge in [0.2, 0.25) is 5.91 Å². The van der Waals surface area contributed by atoms with E-state index in [0.29, 0.717) is 23.5 Å². The van der Waals surface area contributed by atoms with Gasteiger partial charge in [0.05, 0.1) is 12.8 Å². The first-order valence-corrected chi connectivity index (χ1v) is 7.87. The molecule has 0 aliphatic heterocycles. The molecule has 4 nitrogen and oxygen atoms in total. The van der Waals surface area contributed by atoms with Crippen LogP contribution in [0.25, 0.3) is 0 Å². The van der Waals surface area contributed by atoms with Crippen molar-refractivity contribution in [1.82, 2.24) is 0 Å². The van der Waals surface area contributed by atoms with Crippen LogP contribution in [0.3, 0.4) is 0 Å². The maximum Gasteiger partial charge on any atom is 0.224 e. The summed E-state index contributed by atoms with van der Waals surface area (Å²) in [5.74, 6) is 0.625. The predicted octanol–water partition coefficient (Wildman–Crippen LogP) is 3.94. The largest absolute Gasteiger partial charge is 0.495 e. The number of carbonyl (C=O) groups excluding carboxylic acids is 1. The zero-order chi connectivity index (χ0) is 16.7. The highest BCUT2D eigenvalue weighted by Gasteiger charge is 2.05. The molecule has 122 valence electrons. The smallest absolute Gasteiger partial charge is 0.224 e. The topological polar surface area (TPSA) is 64.3 Å². The lowest BCUT2D eigenvalue weighted by Crippen LogP contribution is -2.11. The van der Waals surface area contributed by atoms with Gasteiger partial charge in [-0.3, -0.25) is 4.79 Å². The van der Waals surface area contributed by atoms with E-state index in [2.05, 4.69) is 36.5 Å². The lowest BCUT2D eigenvalue weighted by Gasteiger charge is -2.09.